The smallest absolute Gasteiger partial charge is 0.120 e. The maximum Gasteiger partial charge on any atom is 0.120 e. The molecule has 34 heavy (non-hydrogen) atoms. The number of phenols is 1. The van der Waals surface area contributed by atoms with E-state index in [9.17, 15) is 5.11 Å². The second kappa shape index (κ2) is 10.4. The molecule has 1 fully saturated rings. The van der Waals surface area contributed by atoms with E-state index in [4.69, 9.17) is 9.47 Å². The van der Waals surface area contributed by atoms with E-state index in [-0.39, 0.29) is 5.75 Å². The second-order valence-corrected chi connectivity index (χ2v) is 9.67. The summed E-state index contributed by atoms with van der Waals surface area (Å²) < 4.78 is 12.6. The van der Waals surface area contributed by atoms with Gasteiger partial charge in [-0.2, -0.15) is 0 Å². The molecule has 2 heterocycles. The van der Waals surface area contributed by atoms with Crippen LogP contribution in [0, 0.1) is 0 Å². The van der Waals surface area contributed by atoms with Crippen molar-refractivity contribution in [2.24, 2.45) is 0 Å². The first-order valence-electron chi connectivity index (χ1n) is 11.8. The number of hydrogen-bond donors (Lipinski definition) is 2. The molecule has 1 aliphatic rings. The van der Waals surface area contributed by atoms with E-state index < -0.39 is 0 Å². The van der Waals surface area contributed by atoms with Crippen molar-refractivity contribution in [2.75, 3.05) is 38.7 Å². The number of thiophene rings is 1. The van der Waals surface area contributed by atoms with Gasteiger partial charge in [-0.3, -0.25) is 4.90 Å². The van der Waals surface area contributed by atoms with E-state index >= 15 is 0 Å². The molecule has 5 nitrogen and oxygen atoms in total. The molecule has 5 rings (SSSR count). The van der Waals surface area contributed by atoms with Crippen LogP contribution in [-0.2, 0) is 0 Å². The lowest BCUT2D eigenvalue weighted by atomic mass is 10.0. The second-order valence-electron chi connectivity index (χ2n) is 8.62. The number of rotatable bonds is 8. The fourth-order valence-electron chi connectivity index (χ4n) is 4.45. The van der Waals surface area contributed by atoms with Crippen LogP contribution in [0.15, 0.2) is 66.7 Å². The van der Waals surface area contributed by atoms with Crippen molar-refractivity contribution in [1.29, 1.82) is 0 Å². The summed E-state index contributed by atoms with van der Waals surface area (Å²) in [6.07, 6.45) is 3.96. The van der Waals surface area contributed by atoms with Crippen molar-refractivity contribution in [3.05, 3.63) is 66.7 Å². The molecule has 0 atom stereocenters. The standard InChI is InChI=1S/C28H30N2O3S/c1-32-24-13-14-25-26(19-24)34-28(27(25)20-5-9-22(31)10-6-20)29-21-7-11-23(12-8-21)33-18-17-30-15-3-2-4-16-30/h5-14,19,29,31H,2-4,15-18H2,1H3. The molecule has 1 aromatic heterocycles. The first-order valence-corrected chi connectivity index (χ1v) is 12.6. The number of phenolic OH excluding ortho intramolecular Hbond substituents is 1. The van der Waals surface area contributed by atoms with E-state index in [1.54, 1.807) is 30.6 Å². The zero-order valence-electron chi connectivity index (χ0n) is 19.4. The number of methoxy groups -OCH3 is 1. The predicted octanol–water partition coefficient (Wildman–Crippen LogP) is 6.89. The molecule has 176 valence electrons. The third-order valence-electron chi connectivity index (χ3n) is 6.29. The zero-order valence-corrected chi connectivity index (χ0v) is 20.2. The Labute approximate surface area is 204 Å². The minimum absolute atomic E-state index is 0.260. The van der Waals surface area contributed by atoms with E-state index in [0.717, 1.165) is 56.6 Å². The normalized spacial score (nSPS) is 14.3. The van der Waals surface area contributed by atoms with Gasteiger partial charge in [-0.05, 0) is 86.1 Å². The molecule has 0 bridgehead atoms. The van der Waals surface area contributed by atoms with Gasteiger partial charge in [0, 0.05) is 27.9 Å². The molecule has 3 aromatic carbocycles. The van der Waals surface area contributed by atoms with Gasteiger partial charge in [0.1, 0.15) is 28.9 Å². The number of anilines is 2. The molecule has 0 radical (unpaired) electrons. The molecule has 0 aliphatic carbocycles. The van der Waals surface area contributed by atoms with Crippen LogP contribution in [0.1, 0.15) is 19.3 Å². The number of fused-ring (bicyclic) bond motifs is 1. The topological polar surface area (TPSA) is 54.0 Å². The van der Waals surface area contributed by atoms with Crippen LogP contribution in [-0.4, -0.2) is 43.4 Å². The van der Waals surface area contributed by atoms with E-state index in [0.29, 0.717) is 0 Å². The third kappa shape index (κ3) is 5.13. The number of benzene rings is 3. The van der Waals surface area contributed by atoms with Gasteiger partial charge in [-0.25, -0.2) is 0 Å². The van der Waals surface area contributed by atoms with Crippen molar-refractivity contribution < 1.29 is 14.6 Å². The molecule has 0 amide bonds. The summed E-state index contributed by atoms with van der Waals surface area (Å²) in [4.78, 5) is 2.49. The van der Waals surface area contributed by atoms with Gasteiger partial charge in [-0.1, -0.05) is 18.6 Å². The van der Waals surface area contributed by atoms with Crippen LogP contribution in [0.2, 0.25) is 0 Å². The SMILES string of the molecule is COc1ccc2c(-c3ccc(O)cc3)c(Nc3ccc(OCCN4CCCCC4)cc3)sc2c1. The molecule has 4 aromatic rings. The highest BCUT2D eigenvalue weighted by atomic mass is 32.1. The summed E-state index contributed by atoms with van der Waals surface area (Å²) >= 11 is 1.69. The molecular formula is C28H30N2O3S. The molecule has 0 unspecified atom stereocenters. The first kappa shape index (κ1) is 22.6. The monoisotopic (exact) mass is 474 g/mol. The van der Waals surface area contributed by atoms with E-state index in [1.165, 1.54) is 32.4 Å². The number of nitrogens with zero attached hydrogens (tertiary/aromatic N) is 1. The molecule has 0 spiro atoms. The number of likely N-dealkylation sites (tertiary alicyclic amines) is 1. The summed E-state index contributed by atoms with van der Waals surface area (Å²) in [7, 11) is 1.69. The maximum atomic E-state index is 9.76. The largest absolute Gasteiger partial charge is 0.508 e. The van der Waals surface area contributed by atoms with Crippen LogP contribution < -0.4 is 14.8 Å². The van der Waals surface area contributed by atoms with Crippen LogP contribution >= 0.6 is 11.3 Å². The Hall–Kier alpha value is -3.22. The summed E-state index contributed by atoms with van der Waals surface area (Å²) in [5, 5.41) is 15.6. The van der Waals surface area contributed by atoms with Crippen molar-refractivity contribution in [3.63, 3.8) is 0 Å². The summed E-state index contributed by atoms with van der Waals surface area (Å²) in [6, 6.07) is 21.7. The van der Waals surface area contributed by atoms with E-state index in [1.807, 2.05) is 30.3 Å². The average molecular weight is 475 g/mol. The van der Waals surface area contributed by atoms with Gasteiger partial charge < -0.3 is 19.9 Å². The minimum Gasteiger partial charge on any atom is -0.508 e. The Morgan fingerprint density at radius 3 is 2.38 bits per heavy atom. The Kier molecular flexibility index (Phi) is 6.88. The molecule has 2 N–H and O–H groups in total. The predicted molar refractivity (Wildman–Crippen MR) is 141 cm³/mol. The molecule has 0 saturated carbocycles. The Morgan fingerprint density at radius 1 is 0.912 bits per heavy atom. The number of hydrogen-bond acceptors (Lipinski definition) is 6. The number of nitrogens with one attached hydrogen (secondary N) is 1. The quantitative estimate of drug-likeness (QED) is 0.291. The first-order chi connectivity index (χ1) is 16.7. The fourth-order valence-corrected chi connectivity index (χ4v) is 5.62. The third-order valence-corrected chi connectivity index (χ3v) is 7.36. The Bertz CT molecular complexity index is 1230. The minimum atomic E-state index is 0.260. The van der Waals surface area contributed by atoms with Gasteiger partial charge >= 0.3 is 0 Å². The van der Waals surface area contributed by atoms with Gasteiger partial charge in [0.25, 0.3) is 0 Å². The Balaban J connectivity index is 1.34. The Morgan fingerprint density at radius 2 is 1.65 bits per heavy atom. The lowest BCUT2D eigenvalue weighted by Gasteiger charge is -2.26. The van der Waals surface area contributed by atoms with Crippen LogP contribution in [0.3, 0.4) is 0 Å². The highest BCUT2D eigenvalue weighted by molar-refractivity contribution is 7.23. The molecule has 1 aliphatic heterocycles. The highest BCUT2D eigenvalue weighted by Crippen LogP contribution is 2.45. The van der Waals surface area contributed by atoms with Crippen molar-refractivity contribution >= 4 is 32.1 Å². The molecular weight excluding hydrogens is 444 g/mol. The van der Waals surface area contributed by atoms with Crippen molar-refractivity contribution in [1.82, 2.24) is 4.90 Å². The number of piperidine rings is 1. The van der Waals surface area contributed by atoms with Crippen molar-refractivity contribution in [2.45, 2.75) is 19.3 Å². The fraction of sp³-hybridized carbons (Fsp3) is 0.286. The van der Waals surface area contributed by atoms with Crippen molar-refractivity contribution in [3.8, 4) is 28.4 Å². The average Bonchev–Trinajstić information content (AvgIpc) is 3.23. The van der Waals surface area contributed by atoms with Gasteiger partial charge in [0.05, 0.1) is 7.11 Å². The van der Waals surface area contributed by atoms with E-state index in [2.05, 4.69) is 34.5 Å². The summed E-state index contributed by atoms with van der Waals surface area (Å²) in [5.41, 5.74) is 3.17. The molecule has 6 heteroatoms. The summed E-state index contributed by atoms with van der Waals surface area (Å²) in [6.45, 7) is 4.09. The van der Waals surface area contributed by atoms with Crippen LogP contribution in [0.5, 0.6) is 17.2 Å². The molecule has 1 saturated heterocycles. The van der Waals surface area contributed by atoms with Gasteiger partial charge in [0.15, 0.2) is 0 Å². The van der Waals surface area contributed by atoms with Gasteiger partial charge in [-0.15, -0.1) is 11.3 Å². The maximum absolute atomic E-state index is 9.76. The summed E-state index contributed by atoms with van der Waals surface area (Å²) in [5.74, 6) is 1.99. The lowest BCUT2D eigenvalue weighted by molar-refractivity contribution is 0.183. The van der Waals surface area contributed by atoms with Crippen LogP contribution in [0.4, 0.5) is 10.7 Å². The van der Waals surface area contributed by atoms with Gasteiger partial charge in [0.2, 0.25) is 0 Å². The highest BCUT2D eigenvalue weighted by Gasteiger charge is 2.16. The van der Waals surface area contributed by atoms with Crippen LogP contribution in [0.25, 0.3) is 21.2 Å². The number of ether oxygens (including phenoxy) is 2. The number of aromatic hydroxyl groups is 1. The lowest BCUT2D eigenvalue weighted by Crippen LogP contribution is -2.33. The zero-order chi connectivity index (χ0) is 23.3.